The first-order chi connectivity index (χ1) is 16.6. The van der Waals surface area contributed by atoms with Crippen LogP contribution >= 0.6 is 0 Å². The summed E-state index contributed by atoms with van der Waals surface area (Å²) < 4.78 is 6.99. The number of hydrogen-bond donors (Lipinski definition) is 4. The van der Waals surface area contributed by atoms with Gasteiger partial charge in [-0.2, -0.15) is 10.2 Å². The summed E-state index contributed by atoms with van der Waals surface area (Å²) in [5.41, 5.74) is 5.49. The Kier molecular flexibility index (Phi) is 12.6. The second-order valence-corrected chi connectivity index (χ2v) is 7.74. The maximum Gasteiger partial charge on any atom is 0.134 e. The molecule has 0 aliphatic rings. The molecule has 4 rings (SSSR count). The highest BCUT2D eigenvalue weighted by atomic mass is 16.3. The summed E-state index contributed by atoms with van der Waals surface area (Å²) >= 11 is 0. The largest absolute Gasteiger partial charge is 0.390 e. The molecule has 4 aromatic heterocycles. The third-order valence-corrected chi connectivity index (χ3v) is 5.22. The van der Waals surface area contributed by atoms with Gasteiger partial charge in [0.25, 0.3) is 0 Å². The molecule has 0 aromatic carbocycles. The van der Waals surface area contributed by atoms with Gasteiger partial charge in [0.1, 0.15) is 12.4 Å². The molecule has 0 amide bonds. The SMILES string of the molecule is Cc1cc(CO)n(C)n1.Cc1cnc(CO)n1C.Cc1ncn(C)c1CO.Cn1nccc1CO. The zero-order chi connectivity index (χ0) is 26.5. The summed E-state index contributed by atoms with van der Waals surface area (Å²) in [5, 5.41) is 42.5. The van der Waals surface area contributed by atoms with E-state index in [0.717, 1.165) is 34.2 Å². The van der Waals surface area contributed by atoms with Crippen LogP contribution in [0.25, 0.3) is 0 Å². The standard InChI is InChI=1S/3C6H10N2O.C5H8N2O/c1-5-6(3-9)8(2)4-7-5;1-5-3-7-6(4-9)8(5)2;1-5-3-6(4-9)8(2)7-5;1-7-5(4-8)2-3-6-7/h4,9H,3H2,1-2H3;2*3,9H,4H2,1-2H3;2-3,8H,4H2,1H3. The molecule has 0 saturated carbocycles. The van der Waals surface area contributed by atoms with Crippen LogP contribution in [0.4, 0.5) is 0 Å². The normalized spacial score (nSPS) is 10.0. The van der Waals surface area contributed by atoms with Crippen LogP contribution in [-0.2, 0) is 54.6 Å². The molecule has 12 nitrogen and oxygen atoms in total. The van der Waals surface area contributed by atoms with E-state index in [1.54, 1.807) is 41.2 Å². The van der Waals surface area contributed by atoms with Gasteiger partial charge in [-0.25, -0.2) is 9.97 Å². The summed E-state index contributed by atoms with van der Waals surface area (Å²) in [6, 6.07) is 3.64. The molecule has 4 N–H and O–H groups in total. The van der Waals surface area contributed by atoms with Crippen molar-refractivity contribution in [1.82, 2.24) is 38.7 Å². The fourth-order valence-electron chi connectivity index (χ4n) is 2.86. The fourth-order valence-corrected chi connectivity index (χ4v) is 2.86. The van der Waals surface area contributed by atoms with Gasteiger partial charge in [-0.1, -0.05) is 0 Å². The van der Waals surface area contributed by atoms with Crippen LogP contribution in [0.5, 0.6) is 0 Å². The van der Waals surface area contributed by atoms with Crippen molar-refractivity contribution in [2.45, 2.75) is 47.2 Å². The van der Waals surface area contributed by atoms with E-state index in [0.29, 0.717) is 5.82 Å². The van der Waals surface area contributed by atoms with Gasteiger partial charge in [-0.05, 0) is 32.9 Å². The molecule has 0 radical (unpaired) electrons. The molecule has 194 valence electrons. The number of rotatable bonds is 4. The van der Waals surface area contributed by atoms with Crippen LogP contribution in [0.15, 0.2) is 30.9 Å². The molecule has 0 aliphatic carbocycles. The summed E-state index contributed by atoms with van der Waals surface area (Å²) in [6.45, 7) is 5.96. The fraction of sp³-hybridized carbons (Fsp3) is 0.478. The third kappa shape index (κ3) is 9.09. The van der Waals surface area contributed by atoms with Gasteiger partial charge in [-0.3, -0.25) is 9.36 Å². The summed E-state index contributed by atoms with van der Waals surface area (Å²) in [4.78, 5) is 7.94. The summed E-state index contributed by atoms with van der Waals surface area (Å²) in [6.07, 6.45) is 5.10. The summed E-state index contributed by atoms with van der Waals surface area (Å²) in [5.74, 6) is 0.715. The van der Waals surface area contributed by atoms with Gasteiger partial charge in [0.15, 0.2) is 0 Å². The van der Waals surface area contributed by atoms with Crippen LogP contribution in [0.2, 0.25) is 0 Å². The van der Waals surface area contributed by atoms with Crippen molar-refractivity contribution in [2.24, 2.45) is 28.2 Å². The van der Waals surface area contributed by atoms with Crippen molar-refractivity contribution >= 4 is 0 Å². The first-order valence-corrected chi connectivity index (χ1v) is 10.9. The van der Waals surface area contributed by atoms with Crippen molar-refractivity contribution in [1.29, 1.82) is 0 Å². The maximum atomic E-state index is 8.73. The second kappa shape index (κ2) is 14.8. The highest BCUT2D eigenvalue weighted by Gasteiger charge is 2.00. The van der Waals surface area contributed by atoms with Crippen molar-refractivity contribution in [3.8, 4) is 0 Å². The number of aliphatic hydroxyl groups is 4. The number of aromatic nitrogens is 8. The first-order valence-electron chi connectivity index (χ1n) is 10.9. The Bertz CT molecular complexity index is 1120. The molecule has 4 heterocycles. The Morgan fingerprint density at radius 3 is 1.69 bits per heavy atom. The number of nitrogens with zero attached hydrogens (tertiary/aromatic N) is 8. The van der Waals surface area contributed by atoms with Gasteiger partial charge in [0.2, 0.25) is 0 Å². The molecule has 0 atom stereocenters. The molecule has 35 heavy (non-hydrogen) atoms. The molecule has 4 aromatic rings. The van der Waals surface area contributed by atoms with Gasteiger partial charge >= 0.3 is 0 Å². The van der Waals surface area contributed by atoms with Crippen LogP contribution in [0.1, 0.15) is 40.0 Å². The molecule has 0 spiro atoms. The van der Waals surface area contributed by atoms with E-state index >= 15 is 0 Å². The van der Waals surface area contributed by atoms with Crippen LogP contribution in [0, 0.1) is 20.8 Å². The monoisotopic (exact) mass is 490 g/mol. The topological polar surface area (TPSA) is 152 Å². The van der Waals surface area contributed by atoms with E-state index in [1.807, 2.05) is 57.1 Å². The average Bonchev–Trinajstić information content (AvgIpc) is 3.58. The van der Waals surface area contributed by atoms with E-state index in [9.17, 15) is 0 Å². The number of imidazole rings is 2. The maximum absolute atomic E-state index is 8.73. The third-order valence-electron chi connectivity index (χ3n) is 5.22. The molecule has 0 unspecified atom stereocenters. The van der Waals surface area contributed by atoms with Crippen molar-refractivity contribution < 1.29 is 20.4 Å². The first kappa shape index (κ1) is 29.7. The lowest BCUT2D eigenvalue weighted by molar-refractivity contribution is 0.267. The van der Waals surface area contributed by atoms with Gasteiger partial charge < -0.3 is 29.6 Å². The lowest BCUT2D eigenvalue weighted by atomic mass is 10.4. The highest BCUT2D eigenvalue weighted by Crippen LogP contribution is 2.02. The Labute approximate surface area is 205 Å². The molecule has 0 aliphatic heterocycles. The molecule has 0 bridgehead atoms. The predicted octanol–water partition coefficient (Wildman–Crippen LogP) is 0.575. The average molecular weight is 491 g/mol. The quantitative estimate of drug-likeness (QED) is 0.324. The lowest BCUT2D eigenvalue weighted by Gasteiger charge is -1.96. The Morgan fingerprint density at radius 1 is 0.800 bits per heavy atom. The molecule has 12 heteroatoms. The van der Waals surface area contributed by atoms with Crippen molar-refractivity contribution in [3.05, 3.63) is 70.8 Å². The summed E-state index contributed by atoms with van der Waals surface area (Å²) in [7, 11) is 7.36. The molecular formula is C23H38N8O4. The Morgan fingerprint density at radius 2 is 1.46 bits per heavy atom. The van der Waals surface area contributed by atoms with E-state index in [2.05, 4.69) is 20.2 Å². The minimum Gasteiger partial charge on any atom is -0.390 e. The second-order valence-electron chi connectivity index (χ2n) is 7.74. The zero-order valence-corrected chi connectivity index (χ0v) is 21.6. The van der Waals surface area contributed by atoms with Gasteiger partial charge in [0, 0.05) is 46.3 Å². The smallest absolute Gasteiger partial charge is 0.134 e. The Balaban J connectivity index is 0.000000234. The molecular weight excluding hydrogens is 452 g/mol. The molecule has 0 fully saturated rings. The van der Waals surface area contributed by atoms with E-state index < -0.39 is 0 Å². The number of aliphatic hydroxyl groups excluding tert-OH is 4. The predicted molar refractivity (Wildman–Crippen MR) is 131 cm³/mol. The molecule has 0 saturated heterocycles. The minimum atomic E-state index is 0.0182. The van der Waals surface area contributed by atoms with Crippen molar-refractivity contribution in [3.63, 3.8) is 0 Å². The zero-order valence-electron chi connectivity index (χ0n) is 21.6. The van der Waals surface area contributed by atoms with E-state index in [-0.39, 0.29) is 26.4 Å². The highest BCUT2D eigenvalue weighted by molar-refractivity contribution is 5.09. The number of aryl methyl sites for hydroxylation is 6. The number of hydrogen-bond acceptors (Lipinski definition) is 8. The Hall–Kier alpha value is -3.32. The van der Waals surface area contributed by atoms with E-state index in [1.165, 1.54) is 0 Å². The van der Waals surface area contributed by atoms with E-state index in [4.69, 9.17) is 20.4 Å². The van der Waals surface area contributed by atoms with Gasteiger partial charge in [-0.15, -0.1) is 0 Å². The van der Waals surface area contributed by atoms with Crippen molar-refractivity contribution in [2.75, 3.05) is 0 Å². The minimum absolute atomic E-state index is 0.0182. The van der Waals surface area contributed by atoms with Crippen LogP contribution in [-0.4, -0.2) is 59.1 Å². The van der Waals surface area contributed by atoms with Crippen LogP contribution < -0.4 is 0 Å². The van der Waals surface area contributed by atoms with Crippen LogP contribution in [0.3, 0.4) is 0 Å². The lowest BCUT2D eigenvalue weighted by Crippen LogP contribution is -1.98. The van der Waals surface area contributed by atoms with Gasteiger partial charge in [0.05, 0.1) is 54.6 Å².